The average Bonchev–Trinajstić information content (AvgIpc) is 3.72. The van der Waals surface area contributed by atoms with E-state index in [0.717, 1.165) is 16.7 Å². The second-order valence-electron chi connectivity index (χ2n) is 10.2. The van der Waals surface area contributed by atoms with Gasteiger partial charge in [-0.2, -0.15) is 0 Å². The molecule has 2 aromatic carbocycles. The molecule has 1 aliphatic heterocycles. The van der Waals surface area contributed by atoms with Crippen LogP contribution in [0.5, 0.6) is 5.75 Å². The molecular formula is C29H37FN4O3. The van der Waals surface area contributed by atoms with Gasteiger partial charge in [0, 0.05) is 37.9 Å². The van der Waals surface area contributed by atoms with Crippen LogP contribution >= 0.6 is 0 Å². The number of H-pyrrole nitrogens is 1. The van der Waals surface area contributed by atoms with Crippen LogP contribution in [0.1, 0.15) is 60.2 Å². The zero-order chi connectivity index (χ0) is 26.7. The summed E-state index contributed by atoms with van der Waals surface area (Å²) in [5, 5.41) is 6.30. The Morgan fingerprint density at radius 3 is 2.41 bits per heavy atom. The first-order valence-electron chi connectivity index (χ1n) is 13.0. The molecule has 1 amide bonds. The van der Waals surface area contributed by atoms with E-state index in [0.29, 0.717) is 30.8 Å². The maximum absolute atomic E-state index is 15.4. The van der Waals surface area contributed by atoms with Crippen molar-refractivity contribution < 1.29 is 13.9 Å². The second-order valence-corrected chi connectivity index (χ2v) is 10.2. The third-order valence-corrected chi connectivity index (χ3v) is 6.67. The average molecular weight is 509 g/mol. The topological polar surface area (TPSA) is 86.5 Å². The number of aromatic nitrogens is 1. The molecule has 2 atom stereocenters. The summed E-state index contributed by atoms with van der Waals surface area (Å²) >= 11 is 0. The number of rotatable bonds is 5. The van der Waals surface area contributed by atoms with Crippen molar-refractivity contribution in [3.05, 3.63) is 68.8 Å². The number of nitrogens with one attached hydrogen (secondary N) is 3. The lowest BCUT2D eigenvalue weighted by molar-refractivity contribution is 0.0949. The smallest absolute Gasteiger partial charge is 0.257 e. The molecule has 37 heavy (non-hydrogen) atoms. The van der Waals surface area contributed by atoms with Gasteiger partial charge >= 0.3 is 0 Å². The summed E-state index contributed by atoms with van der Waals surface area (Å²) in [5.41, 5.74) is 3.23. The molecule has 8 heteroatoms. The number of hydrogen-bond acceptors (Lipinski definition) is 5. The number of carbonyl (C=O) groups excluding carboxylic acids is 1. The van der Waals surface area contributed by atoms with E-state index in [-0.39, 0.29) is 28.8 Å². The van der Waals surface area contributed by atoms with Gasteiger partial charge in [-0.05, 0) is 44.9 Å². The monoisotopic (exact) mass is 508 g/mol. The maximum Gasteiger partial charge on any atom is 0.257 e. The highest BCUT2D eigenvalue weighted by Gasteiger charge is 2.28. The molecule has 2 heterocycles. The third kappa shape index (κ3) is 6.13. The number of pyridine rings is 1. The Labute approximate surface area is 217 Å². The van der Waals surface area contributed by atoms with Crippen LogP contribution in [0, 0.1) is 19.7 Å². The van der Waals surface area contributed by atoms with Crippen LogP contribution in [0.25, 0.3) is 10.9 Å². The lowest BCUT2D eigenvalue weighted by Gasteiger charge is -2.38. The van der Waals surface area contributed by atoms with Gasteiger partial charge in [-0.1, -0.05) is 43.0 Å². The molecular weight excluding hydrogens is 471 g/mol. The first kappa shape index (κ1) is 26.7. The molecule has 198 valence electrons. The fraction of sp³-hybridized carbons (Fsp3) is 0.448. The number of carbonyl (C=O) groups is 1. The van der Waals surface area contributed by atoms with E-state index in [1.165, 1.54) is 38.6 Å². The van der Waals surface area contributed by atoms with Crippen molar-refractivity contribution in [1.82, 2.24) is 15.6 Å². The van der Waals surface area contributed by atoms with Crippen LogP contribution in [0.4, 0.5) is 10.1 Å². The van der Waals surface area contributed by atoms with Crippen LogP contribution in [0.2, 0.25) is 0 Å². The van der Waals surface area contributed by atoms with Crippen LogP contribution in [0.15, 0.2) is 35.3 Å². The molecule has 1 saturated carbocycles. The highest BCUT2D eigenvalue weighted by Crippen LogP contribution is 2.37. The van der Waals surface area contributed by atoms with E-state index < -0.39 is 17.2 Å². The van der Waals surface area contributed by atoms with Gasteiger partial charge in [0.05, 0.1) is 18.0 Å². The molecule has 5 rings (SSSR count). The summed E-state index contributed by atoms with van der Waals surface area (Å²) < 4.78 is 20.9. The number of halogens is 1. The Hall–Kier alpha value is -3.39. The van der Waals surface area contributed by atoms with E-state index in [2.05, 4.69) is 15.6 Å². The van der Waals surface area contributed by atoms with Gasteiger partial charge in [-0.3, -0.25) is 9.59 Å². The molecule has 1 aromatic heterocycles. The quantitative estimate of drug-likeness (QED) is 0.470. The van der Waals surface area contributed by atoms with Gasteiger partial charge < -0.3 is 25.3 Å². The van der Waals surface area contributed by atoms with Gasteiger partial charge in [0.25, 0.3) is 5.91 Å². The van der Waals surface area contributed by atoms with Gasteiger partial charge in [-0.15, -0.1) is 0 Å². The number of hydrogen-bond donors (Lipinski definition) is 3. The fourth-order valence-electron chi connectivity index (χ4n) is 4.78. The van der Waals surface area contributed by atoms with Crippen LogP contribution in [0.3, 0.4) is 0 Å². The number of ether oxygens (including phenoxy) is 1. The molecule has 2 fully saturated rings. The second kappa shape index (κ2) is 11.3. The molecule has 0 radical (unpaired) electrons. The molecule has 0 bridgehead atoms. The fourth-order valence-corrected chi connectivity index (χ4v) is 4.78. The van der Waals surface area contributed by atoms with Crippen LogP contribution < -0.4 is 25.7 Å². The van der Waals surface area contributed by atoms with E-state index in [1.807, 2.05) is 50.8 Å². The zero-order valence-corrected chi connectivity index (χ0v) is 22.3. The molecule has 0 spiro atoms. The molecule has 1 aliphatic carbocycles. The largest absolute Gasteiger partial charge is 0.492 e. The predicted molar refractivity (Wildman–Crippen MR) is 146 cm³/mol. The molecule has 7 nitrogen and oxygen atoms in total. The summed E-state index contributed by atoms with van der Waals surface area (Å²) in [4.78, 5) is 30.9. The van der Waals surface area contributed by atoms with E-state index in [9.17, 15) is 9.59 Å². The molecule has 3 N–H and O–H groups in total. The summed E-state index contributed by atoms with van der Waals surface area (Å²) in [5.74, 6) is -0.809. The standard InChI is InChI=1S/C26H31FN4O3.C3H6/c1-14-6-7-18(15(2)8-14)10-29-26(33)20-11-28-22-19(24(20)32)9-21(27)23(25(22)34-5)31-12-16(3)30-17(4)13-31;1-2-3-1/h6-9,11,16-17,30H,10,12-13H2,1-5H3,(H,28,32)(H,29,33);1-3H2. The Balaban J connectivity index is 0.000000994. The first-order chi connectivity index (χ1) is 17.7. The minimum absolute atomic E-state index is 0.0733. The number of aryl methyl sites for hydroxylation is 2. The minimum atomic E-state index is -0.552. The van der Waals surface area contributed by atoms with Crippen LogP contribution in [-0.4, -0.2) is 43.2 Å². The molecule has 2 aliphatic rings. The highest BCUT2D eigenvalue weighted by molar-refractivity contribution is 5.99. The number of fused-ring (bicyclic) bond motifs is 1. The van der Waals surface area contributed by atoms with E-state index in [1.54, 1.807) is 0 Å². The number of nitrogens with zero attached hydrogens (tertiary/aromatic N) is 1. The number of anilines is 1. The Morgan fingerprint density at radius 1 is 1.14 bits per heavy atom. The van der Waals surface area contributed by atoms with Gasteiger partial charge in [-0.25, -0.2) is 4.39 Å². The number of piperazine rings is 1. The number of methoxy groups -OCH3 is 1. The lowest BCUT2D eigenvalue weighted by Crippen LogP contribution is -2.54. The number of aromatic amines is 1. The Bertz CT molecular complexity index is 1340. The van der Waals surface area contributed by atoms with E-state index in [4.69, 9.17) is 4.74 Å². The summed E-state index contributed by atoms with van der Waals surface area (Å²) in [6.07, 6.45) is 5.87. The number of benzene rings is 2. The van der Waals surface area contributed by atoms with Gasteiger partial charge in [0.15, 0.2) is 11.6 Å². The Morgan fingerprint density at radius 2 is 1.81 bits per heavy atom. The van der Waals surface area contributed by atoms with Crippen molar-refractivity contribution >= 4 is 22.5 Å². The van der Waals surface area contributed by atoms with Crippen molar-refractivity contribution in [2.24, 2.45) is 0 Å². The first-order valence-corrected chi connectivity index (χ1v) is 13.0. The van der Waals surface area contributed by atoms with Crippen LogP contribution in [-0.2, 0) is 6.54 Å². The summed E-state index contributed by atoms with van der Waals surface area (Å²) in [6, 6.07) is 7.51. The lowest BCUT2D eigenvalue weighted by atomic mass is 10.0. The minimum Gasteiger partial charge on any atom is -0.492 e. The normalized spacial score (nSPS) is 18.7. The Kier molecular flexibility index (Phi) is 8.17. The van der Waals surface area contributed by atoms with E-state index >= 15 is 4.39 Å². The SMILES string of the molecule is C1CC1.COc1c(N2CC(C)NC(C)C2)c(F)cc2c(=O)c(C(=O)NCc3ccc(C)cc3C)c[nH]c12. The van der Waals surface area contributed by atoms with Crippen molar-refractivity contribution in [2.45, 2.75) is 65.6 Å². The summed E-state index contributed by atoms with van der Waals surface area (Å²) in [7, 11) is 1.45. The van der Waals surface area contributed by atoms with Crippen molar-refractivity contribution in [1.29, 1.82) is 0 Å². The summed E-state index contributed by atoms with van der Waals surface area (Å²) in [6.45, 7) is 9.56. The molecule has 2 unspecified atom stereocenters. The highest BCUT2D eigenvalue weighted by atomic mass is 19.1. The van der Waals surface area contributed by atoms with Gasteiger partial charge in [0.2, 0.25) is 5.43 Å². The van der Waals surface area contributed by atoms with Crippen molar-refractivity contribution in [3.8, 4) is 5.75 Å². The van der Waals surface area contributed by atoms with Crippen molar-refractivity contribution in [3.63, 3.8) is 0 Å². The van der Waals surface area contributed by atoms with Gasteiger partial charge in [0.1, 0.15) is 11.3 Å². The molecule has 3 aromatic rings. The predicted octanol–water partition coefficient (Wildman–Crippen LogP) is 4.58. The zero-order valence-electron chi connectivity index (χ0n) is 22.3. The maximum atomic E-state index is 15.4. The molecule has 1 saturated heterocycles. The van der Waals surface area contributed by atoms with Crippen molar-refractivity contribution in [2.75, 3.05) is 25.1 Å². The number of amides is 1. The third-order valence-electron chi connectivity index (χ3n) is 6.67.